The van der Waals surface area contributed by atoms with E-state index in [9.17, 15) is 8.42 Å². The average Bonchev–Trinajstić information content (AvgIpc) is 2.88. The third-order valence-corrected chi connectivity index (χ3v) is 5.73. The molecule has 0 saturated carbocycles. The Morgan fingerprint density at radius 2 is 1.75 bits per heavy atom. The number of H-pyrrole nitrogens is 1. The summed E-state index contributed by atoms with van der Waals surface area (Å²) in [5, 5.41) is 0. The number of nitrogens with zero attached hydrogens (tertiary/aromatic N) is 1. The van der Waals surface area contributed by atoms with Crippen molar-refractivity contribution >= 4 is 21.1 Å². The van der Waals surface area contributed by atoms with Crippen LogP contribution in [0.3, 0.4) is 0 Å². The first kappa shape index (κ1) is 16.7. The number of imidazole rings is 1. The van der Waals surface area contributed by atoms with Gasteiger partial charge >= 0.3 is 0 Å². The largest absolute Gasteiger partial charge is 0.342 e. The van der Waals surface area contributed by atoms with Crippen LogP contribution >= 0.6 is 0 Å². The van der Waals surface area contributed by atoms with Gasteiger partial charge in [-0.25, -0.2) is 18.1 Å². The summed E-state index contributed by atoms with van der Waals surface area (Å²) in [5.74, 6) is 0.774. The van der Waals surface area contributed by atoms with E-state index in [1.54, 1.807) is 0 Å². The number of aromatic nitrogens is 2. The zero-order valence-corrected chi connectivity index (χ0v) is 14.9. The Morgan fingerprint density at radius 3 is 2.42 bits per heavy atom. The van der Waals surface area contributed by atoms with Crippen LogP contribution in [0.25, 0.3) is 11.0 Å². The fourth-order valence-electron chi connectivity index (χ4n) is 3.09. The fraction of sp³-hybridized carbons (Fsp3) is 0.278. The molecule has 0 aliphatic carbocycles. The second kappa shape index (κ2) is 6.37. The summed E-state index contributed by atoms with van der Waals surface area (Å²) < 4.78 is 27.9. The van der Waals surface area contributed by atoms with E-state index in [-0.39, 0.29) is 0 Å². The topological polar surface area (TPSA) is 74.8 Å². The molecule has 0 amide bonds. The van der Waals surface area contributed by atoms with Crippen LogP contribution in [-0.2, 0) is 16.4 Å². The smallest absolute Gasteiger partial charge is 0.241 e. The van der Waals surface area contributed by atoms with E-state index in [4.69, 9.17) is 0 Å². The molecule has 0 fully saturated rings. The Morgan fingerprint density at radius 1 is 1.08 bits per heavy atom. The van der Waals surface area contributed by atoms with Crippen molar-refractivity contribution in [3.05, 3.63) is 58.9 Å². The minimum atomic E-state index is -3.53. The summed E-state index contributed by atoms with van der Waals surface area (Å²) in [5.41, 5.74) is 4.44. The number of hydrogen-bond donors (Lipinski definition) is 2. The van der Waals surface area contributed by atoms with Crippen molar-refractivity contribution in [1.29, 1.82) is 0 Å². The van der Waals surface area contributed by atoms with E-state index in [0.29, 0.717) is 17.9 Å². The Balaban J connectivity index is 1.74. The number of para-hydroxylation sites is 2. The molecule has 0 spiro atoms. The highest BCUT2D eigenvalue weighted by Gasteiger charge is 2.19. The van der Waals surface area contributed by atoms with Crippen LogP contribution in [-0.4, -0.2) is 24.9 Å². The van der Waals surface area contributed by atoms with Crippen molar-refractivity contribution in [3.8, 4) is 0 Å². The third-order valence-electron chi connectivity index (χ3n) is 3.97. The zero-order chi connectivity index (χ0) is 17.3. The van der Waals surface area contributed by atoms with Crippen LogP contribution in [0.5, 0.6) is 0 Å². The van der Waals surface area contributed by atoms with Gasteiger partial charge in [0.1, 0.15) is 5.82 Å². The molecule has 1 heterocycles. The van der Waals surface area contributed by atoms with Crippen molar-refractivity contribution in [2.75, 3.05) is 6.54 Å². The molecule has 0 unspecified atom stereocenters. The molecule has 0 radical (unpaired) electrons. The number of aromatic amines is 1. The monoisotopic (exact) mass is 343 g/mol. The molecule has 24 heavy (non-hydrogen) atoms. The van der Waals surface area contributed by atoms with Crippen LogP contribution in [0.4, 0.5) is 0 Å². The number of nitrogens with one attached hydrogen (secondary N) is 2. The van der Waals surface area contributed by atoms with Gasteiger partial charge in [-0.05, 0) is 44.0 Å². The summed E-state index contributed by atoms with van der Waals surface area (Å²) in [6.07, 6.45) is 0.512. The highest BCUT2D eigenvalue weighted by Crippen LogP contribution is 2.21. The quantitative estimate of drug-likeness (QED) is 0.748. The van der Waals surface area contributed by atoms with Gasteiger partial charge < -0.3 is 4.98 Å². The maximum atomic E-state index is 12.6. The number of hydrogen-bond acceptors (Lipinski definition) is 3. The lowest BCUT2D eigenvalue weighted by Crippen LogP contribution is -2.27. The second-order valence-electron chi connectivity index (χ2n) is 6.08. The minimum Gasteiger partial charge on any atom is -0.342 e. The lowest BCUT2D eigenvalue weighted by atomic mass is 10.1. The Bertz CT molecular complexity index is 934. The lowest BCUT2D eigenvalue weighted by molar-refractivity contribution is 0.579. The van der Waals surface area contributed by atoms with Crippen molar-refractivity contribution < 1.29 is 8.42 Å². The van der Waals surface area contributed by atoms with Crippen molar-refractivity contribution in [2.24, 2.45) is 0 Å². The van der Waals surface area contributed by atoms with Crippen LogP contribution < -0.4 is 4.72 Å². The molecule has 0 aliphatic rings. The van der Waals surface area contributed by atoms with E-state index in [1.807, 2.05) is 57.2 Å². The highest BCUT2D eigenvalue weighted by molar-refractivity contribution is 7.89. The Hall–Kier alpha value is -2.18. The molecule has 3 aromatic rings. The molecule has 0 bridgehead atoms. The van der Waals surface area contributed by atoms with E-state index in [1.165, 1.54) is 0 Å². The van der Waals surface area contributed by atoms with E-state index < -0.39 is 10.0 Å². The number of sulfonamides is 1. The molecule has 126 valence electrons. The van der Waals surface area contributed by atoms with Gasteiger partial charge in [0.2, 0.25) is 10.0 Å². The van der Waals surface area contributed by atoms with Gasteiger partial charge in [-0.1, -0.05) is 29.8 Å². The van der Waals surface area contributed by atoms with Gasteiger partial charge in [0.15, 0.2) is 0 Å². The maximum absolute atomic E-state index is 12.6. The lowest BCUT2D eigenvalue weighted by Gasteiger charge is -2.12. The van der Waals surface area contributed by atoms with E-state index in [0.717, 1.165) is 33.5 Å². The number of aryl methyl sites for hydroxylation is 3. The van der Waals surface area contributed by atoms with Crippen LogP contribution in [0, 0.1) is 20.8 Å². The molecule has 1 aromatic heterocycles. The fourth-order valence-corrected chi connectivity index (χ4v) is 4.57. The molecular weight excluding hydrogens is 322 g/mol. The van der Waals surface area contributed by atoms with Crippen molar-refractivity contribution in [2.45, 2.75) is 32.1 Å². The zero-order valence-electron chi connectivity index (χ0n) is 14.1. The average molecular weight is 343 g/mol. The van der Waals surface area contributed by atoms with Gasteiger partial charge in [-0.15, -0.1) is 0 Å². The minimum absolute atomic E-state index is 0.301. The first-order valence-electron chi connectivity index (χ1n) is 7.88. The van der Waals surface area contributed by atoms with Gasteiger partial charge in [-0.2, -0.15) is 0 Å². The van der Waals surface area contributed by atoms with Crippen LogP contribution in [0.1, 0.15) is 22.5 Å². The van der Waals surface area contributed by atoms with Crippen LogP contribution in [0.15, 0.2) is 41.3 Å². The normalized spacial score (nSPS) is 12.0. The molecule has 3 rings (SSSR count). The summed E-state index contributed by atoms with van der Waals surface area (Å²) in [6.45, 7) is 5.92. The van der Waals surface area contributed by atoms with Gasteiger partial charge in [-0.3, -0.25) is 0 Å². The molecular formula is C18H21N3O2S. The first-order valence-corrected chi connectivity index (χ1v) is 9.36. The van der Waals surface area contributed by atoms with Crippen LogP contribution in [0.2, 0.25) is 0 Å². The predicted octanol–water partition coefficient (Wildman–Crippen LogP) is 3.01. The summed E-state index contributed by atoms with van der Waals surface area (Å²) in [6, 6.07) is 11.5. The third kappa shape index (κ3) is 3.34. The maximum Gasteiger partial charge on any atom is 0.241 e. The van der Waals surface area contributed by atoms with E-state index >= 15 is 0 Å². The standard InChI is InChI=1S/C18H21N3O2S/c1-12-10-13(2)18(14(3)11-12)24(22,23)19-9-8-17-20-15-6-4-5-7-16(15)21-17/h4-7,10-11,19H,8-9H2,1-3H3,(H,20,21). The Kier molecular flexibility index (Phi) is 4.43. The molecule has 0 aliphatic heterocycles. The van der Waals surface area contributed by atoms with E-state index in [2.05, 4.69) is 14.7 Å². The van der Waals surface area contributed by atoms with Gasteiger partial charge in [0.05, 0.1) is 15.9 Å². The summed E-state index contributed by atoms with van der Waals surface area (Å²) in [4.78, 5) is 8.04. The van der Waals surface area contributed by atoms with Gasteiger partial charge in [0, 0.05) is 13.0 Å². The molecule has 0 saturated heterocycles. The summed E-state index contributed by atoms with van der Waals surface area (Å²) >= 11 is 0. The first-order chi connectivity index (χ1) is 11.4. The SMILES string of the molecule is Cc1cc(C)c(S(=O)(=O)NCCc2nc3ccccc3[nH]2)c(C)c1. The van der Waals surface area contributed by atoms with Crippen molar-refractivity contribution in [3.63, 3.8) is 0 Å². The molecule has 0 atom stereocenters. The van der Waals surface area contributed by atoms with Gasteiger partial charge in [0.25, 0.3) is 0 Å². The second-order valence-corrected chi connectivity index (χ2v) is 7.78. The molecule has 5 nitrogen and oxygen atoms in total. The highest BCUT2D eigenvalue weighted by atomic mass is 32.2. The summed E-state index contributed by atoms with van der Waals surface area (Å²) in [7, 11) is -3.53. The number of fused-ring (bicyclic) bond motifs is 1. The number of benzene rings is 2. The molecule has 2 N–H and O–H groups in total. The number of rotatable bonds is 5. The molecule has 6 heteroatoms. The predicted molar refractivity (Wildman–Crippen MR) is 95.6 cm³/mol. The van der Waals surface area contributed by atoms with Crippen molar-refractivity contribution in [1.82, 2.24) is 14.7 Å². The Labute approximate surface area is 142 Å². The molecule has 2 aromatic carbocycles.